The molecule has 1 aliphatic heterocycles. The van der Waals surface area contributed by atoms with Gasteiger partial charge in [0.15, 0.2) is 0 Å². The van der Waals surface area contributed by atoms with Crippen molar-refractivity contribution in [3.8, 4) is 0 Å². The normalized spacial score (nSPS) is 18.1. The molecular weight excluding hydrogens is 282 g/mol. The smallest absolute Gasteiger partial charge is 0.326 e. The third-order valence-corrected chi connectivity index (χ3v) is 4.34. The van der Waals surface area contributed by atoms with Gasteiger partial charge in [-0.3, -0.25) is 4.79 Å². The van der Waals surface area contributed by atoms with Crippen molar-refractivity contribution < 1.29 is 14.7 Å². The van der Waals surface area contributed by atoms with E-state index in [2.05, 4.69) is 4.98 Å². The van der Waals surface area contributed by atoms with E-state index in [4.69, 9.17) is 0 Å². The first-order valence-corrected chi connectivity index (χ1v) is 7.54. The van der Waals surface area contributed by atoms with Gasteiger partial charge in [0.1, 0.15) is 11.7 Å². The fourth-order valence-corrected chi connectivity index (χ4v) is 3.10. The number of rotatable bonds is 3. The van der Waals surface area contributed by atoms with E-state index in [-0.39, 0.29) is 5.91 Å². The standard InChI is InChI=1S/C16H19N3O3/c1-3-12-10(2)19-9-11(6-7-14(19)17-12)15(20)18-8-4-5-13(18)16(21)22/h6-7,9,13H,3-5,8H2,1-2H3,(H,21,22). The first-order valence-electron chi connectivity index (χ1n) is 7.54. The average Bonchev–Trinajstić information content (AvgIpc) is 3.11. The van der Waals surface area contributed by atoms with Crippen molar-refractivity contribution in [2.75, 3.05) is 6.54 Å². The zero-order valence-corrected chi connectivity index (χ0v) is 12.7. The Labute approximate surface area is 128 Å². The Hall–Kier alpha value is -2.37. The number of hydrogen-bond acceptors (Lipinski definition) is 3. The third-order valence-electron chi connectivity index (χ3n) is 4.34. The van der Waals surface area contributed by atoms with Crippen LogP contribution in [0.15, 0.2) is 18.3 Å². The maximum Gasteiger partial charge on any atom is 0.326 e. The van der Waals surface area contributed by atoms with Crippen LogP contribution in [0.4, 0.5) is 0 Å². The molecule has 0 spiro atoms. The van der Waals surface area contributed by atoms with Gasteiger partial charge < -0.3 is 14.4 Å². The Kier molecular flexibility index (Phi) is 3.60. The van der Waals surface area contributed by atoms with Gasteiger partial charge in [-0.25, -0.2) is 9.78 Å². The highest BCUT2D eigenvalue weighted by atomic mass is 16.4. The third kappa shape index (κ3) is 2.24. The molecule has 6 nitrogen and oxygen atoms in total. The lowest BCUT2D eigenvalue weighted by Crippen LogP contribution is -2.40. The number of fused-ring (bicyclic) bond motifs is 1. The molecule has 1 amide bonds. The van der Waals surface area contributed by atoms with Gasteiger partial charge in [-0.1, -0.05) is 6.92 Å². The Morgan fingerprint density at radius 1 is 1.41 bits per heavy atom. The highest BCUT2D eigenvalue weighted by molar-refractivity contribution is 5.97. The summed E-state index contributed by atoms with van der Waals surface area (Å²) in [7, 11) is 0. The summed E-state index contributed by atoms with van der Waals surface area (Å²) >= 11 is 0. The van der Waals surface area contributed by atoms with Crippen LogP contribution in [0.2, 0.25) is 0 Å². The molecule has 1 aliphatic rings. The zero-order chi connectivity index (χ0) is 15.9. The Bertz CT molecular complexity index is 750. The number of aromatic nitrogens is 2. The van der Waals surface area contributed by atoms with Crippen molar-refractivity contribution in [3.05, 3.63) is 35.3 Å². The summed E-state index contributed by atoms with van der Waals surface area (Å²) in [5.74, 6) is -1.16. The number of amides is 1. The maximum atomic E-state index is 12.6. The van der Waals surface area contributed by atoms with Crippen LogP contribution in [0.5, 0.6) is 0 Å². The molecule has 0 radical (unpaired) electrons. The summed E-state index contributed by atoms with van der Waals surface area (Å²) in [6.07, 6.45) is 3.85. The number of nitrogens with zero attached hydrogens (tertiary/aromatic N) is 3. The number of hydrogen-bond donors (Lipinski definition) is 1. The van der Waals surface area contributed by atoms with E-state index in [1.165, 1.54) is 4.90 Å². The quantitative estimate of drug-likeness (QED) is 0.939. The summed E-state index contributed by atoms with van der Waals surface area (Å²) in [5, 5.41) is 9.22. The predicted octanol–water partition coefficient (Wildman–Crippen LogP) is 1.89. The van der Waals surface area contributed by atoms with E-state index >= 15 is 0 Å². The number of carboxylic acids is 1. The van der Waals surface area contributed by atoms with E-state index in [1.54, 1.807) is 12.3 Å². The van der Waals surface area contributed by atoms with Crippen molar-refractivity contribution in [1.29, 1.82) is 0 Å². The molecule has 2 aromatic rings. The number of carbonyl (C=O) groups is 2. The van der Waals surface area contributed by atoms with Crippen LogP contribution in [0.1, 0.15) is 41.5 Å². The maximum absolute atomic E-state index is 12.6. The molecule has 1 fully saturated rings. The van der Waals surface area contributed by atoms with Gasteiger partial charge in [0, 0.05) is 18.4 Å². The van der Waals surface area contributed by atoms with E-state index in [0.29, 0.717) is 18.5 Å². The van der Waals surface area contributed by atoms with Crippen LogP contribution < -0.4 is 0 Å². The summed E-state index contributed by atoms with van der Waals surface area (Å²) in [6.45, 7) is 4.52. The number of aliphatic carboxylic acids is 1. The number of carbonyl (C=O) groups excluding carboxylic acids is 1. The fourth-order valence-electron chi connectivity index (χ4n) is 3.10. The molecule has 0 aromatic carbocycles. The minimum absolute atomic E-state index is 0.224. The van der Waals surface area contributed by atoms with Gasteiger partial charge >= 0.3 is 5.97 Å². The van der Waals surface area contributed by atoms with Gasteiger partial charge in [-0.15, -0.1) is 0 Å². The van der Waals surface area contributed by atoms with Gasteiger partial charge in [0.2, 0.25) is 0 Å². The second-order valence-electron chi connectivity index (χ2n) is 5.64. The molecule has 3 heterocycles. The topological polar surface area (TPSA) is 74.9 Å². The van der Waals surface area contributed by atoms with Crippen molar-refractivity contribution in [3.63, 3.8) is 0 Å². The molecule has 6 heteroatoms. The number of likely N-dealkylation sites (tertiary alicyclic amines) is 1. The van der Waals surface area contributed by atoms with E-state index in [0.717, 1.165) is 29.9 Å². The SMILES string of the molecule is CCc1nc2ccc(C(=O)N3CCCC3C(=O)O)cn2c1C. The number of aryl methyl sites for hydroxylation is 2. The Morgan fingerprint density at radius 3 is 2.86 bits per heavy atom. The number of pyridine rings is 1. The molecule has 0 saturated carbocycles. The zero-order valence-electron chi connectivity index (χ0n) is 12.7. The predicted molar refractivity (Wildman–Crippen MR) is 81.0 cm³/mol. The van der Waals surface area contributed by atoms with Gasteiger partial charge in [-0.05, 0) is 38.3 Å². The first-order chi connectivity index (χ1) is 10.5. The molecule has 1 saturated heterocycles. The second-order valence-corrected chi connectivity index (χ2v) is 5.64. The highest BCUT2D eigenvalue weighted by Crippen LogP contribution is 2.21. The summed E-state index contributed by atoms with van der Waals surface area (Å²) < 4.78 is 1.90. The molecule has 0 aliphatic carbocycles. The minimum Gasteiger partial charge on any atom is -0.480 e. The lowest BCUT2D eigenvalue weighted by Gasteiger charge is -2.21. The Balaban J connectivity index is 1.97. The minimum atomic E-state index is -0.931. The summed E-state index contributed by atoms with van der Waals surface area (Å²) in [4.78, 5) is 29.8. The average molecular weight is 301 g/mol. The molecular formula is C16H19N3O3. The monoisotopic (exact) mass is 301 g/mol. The van der Waals surface area contributed by atoms with Crippen molar-refractivity contribution in [2.45, 2.75) is 39.2 Å². The van der Waals surface area contributed by atoms with E-state index in [9.17, 15) is 14.7 Å². The van der Waals surface area contributed by atoms with Crippen LogP contribution in [-0.4, -0.2) is 43.9 Å². The van der Waals surface area contributed by atoms with Crippen LogP contribution in [0.3, 0.4) is 0 Å². The molecule has 1 atom stereocenters. The fraction of sp³-hybridized carbons (Fsp3) is 0.438. The van der Waals surface area contributed by atoms with Crippen molar-refractivity contribution in [1.82, 2.24) is 14.3 Å². The molecule has 116 valence electrons. The van der Waals surface area contributed by atoms with Gasteiger partial charge in [-0.2, -0.15) is 0 Å². The number of carboxylic acid groups (broad SMARTS) is 1. The molecule has 22 heavy (non-hydrogen) atoms. The summed E-state index contributed by atoms with van der Waals surface area (Å²) in [5.41, 5.74) is 3.34. The largest absolute Gasteiger partial charge is 0.480 e. The van der Waals surface area contributed by atoms with Crippen molar-refractivity contribution in [2.24, 2.45) is 0 Å². The molecule has 2 aromatic heterocycles. The van der Waals surface area contributed by atoms with E-state index in [1.807, 2.05) is 24.3 Å². The molecule has 1 N–H and O–H groups in total. The van der Waals surface area contributed by atoms with E-state index < -0.39 is 12.0 Å². The van der Waals surface area contributed by atoms with Crippen LogP contribution in [0.25, 0.3) is 5.65 Å². The summed E-state index contributed by atoms with van der Waals surface area (Å²) in [6, 6.07) is 2.82. The Morgan fingerprint density at radius 2 is 2.18 bits per heavy atom. The molecule has 3 rings (SSSR count). The van der Waals surface area contributed by atoms with Crippen LogP contribution >= 0.6 is 0 Å². The van der Waals surface area contributed by atoms with Crippen LogP contribution in [-0.2, 0) is 11.2 Å². The van der Waals surface area contributed by atoms with Crippen molar-refractivity contribution >= 4 is 17.5 Å². The molecule has 0 bridgehead atoms. The molecule has 1 unspecified atom stereocenters. The van der Waals surface area contributed by atoms with Crippen LogP contribution in [0, 0.1) is 6.92 Å². The highest BCUT2D eigenvalue weighted by Gasteiger charge is 2.34. The van der Waals surface area contributed by atoms with Gasteiger partial charge in [0.25, 0.3) is 5.91 Å². The second kappa shape index (κ2) is 5.44. The van der Waals surface area contributed by atoms with Gasteiger partial charge in [0.05, 0.1) is 11.3 Å². The number of imidazole rings is 1. The lowest BCUT2D eigenvalue weighted by molar-refractivity contribution is -0.141. The first kappa shape index (κ1) is 14.6. The lowest BCUT2D eigenvalue weighted by atomic mass is 10.2.